The van der Waals surface area contributed by atoms with Crippen LogP contribution in [-0.2, 0) is 0 Å². The van der Waals surface area contributed by atoms with Gasteiger partial charge in [-0.1, -0.05) is 0 Å². The van der Waals surface area contributed by atoms with Gasteiger partial charge in [-0.2, -0.15) is 4.98 Å². The summed E-state index contributed by atoms with van der Waals surface area (Å²) in [5, 5.41) is 13.5. The smallest absolute Gasteiger partial charge is 0.252 e. The largest absolute Gasteiger partial charge is 0.508 e. The molecule has 118 valence electrons. The van der Waals surface area contributed by atoms with Gasteiger partial charge in [-0.15, -0.1) is 0 Å². The normalized spacial score (nSPS) is 11.1. The van der Waals surface area contributed by atoms with Crippen LogP contribution in [0, 0.1) is 6.92 Å². The van der Waals surface area contributed by atoms with Gasteiger partial charge in [0.25, 0.3) is 5.56 Å². The standard InChI is InChI=1S/C17H18N4O2/c1-10(2)21-15(23)7-4-12-9-18-17(20-16(12)21)19-13-5-6-14(22)11(3)8-13/h4-10,22H,1-3H3,(H,18,19,20). The molecule has 0 saturated carbocycles. The molecule has 0 radical (unpaired) electrons. The number of rotatable bonds is 3. The van der Waals surface area contributed by atoms with Gasteiger partial charge >= 0.3 is 0 Å². The molecular weight excluding hydrogens is 292 g/mol. The van der Waals surface area contributed by atoms with Crippen LogP contribution in [0.5, 0.6) is 5.75 Å². The van der Waals surface area contributed by atoms with Crippen molar-refractivity contribution in [2.45, 2.75) is 26.8 Å². The molecule has 6 nitrogen and oxygen atoms in total. The highest BCUT2D eigenvalue weighted by molar-refractivity contribution is 5.75. The second-order valence-corrected chi connectivity index (χ2v) is 5.73. The lowest BCUT2D eigenvalue weighted by Crippen LogP contribution is -2.22. The van der Waals surface area contributed by atoms with Crippen LogP contribution in [-0.4, -0.2) is 19.6 Å². The van der Waals surface area contributed by atoms with E-state index in [1.165, 1.54) is 6.07 Å². The molecule has 0 aliphatic heterocycles. The van der Waals surface area contributed by atoms with Crippen LogP contribution in [0.15, 0.2) is 41.3 Å². The fourth-order valence-electron chi connectivity index (χ4n) is 2.46. The van der Waals surface area contributed by atoms with Gasteiger partial charge in [0, 0.05) is 29.4 Å². The number of nitrogens with one attached hydrogen (secondary N) is 1. The molecule has 6 heteroatoms. The molecule has 0 bridgehead atoms. The van der Waals surface area contributed by atoms with E-state index in [1.807, 2.05) is 26.8 Å². The van der Waals surface area contributed by atoms with E-state index < -0.39 is 0 Å². The Bertz CT molecular complexity index is 932. The van der Waals surface area contributed by atoms with E-state index >= 15 is 0 Å². The zero-order valence-electron chi connectivity index (χ0n) is 13.2. The van der Waals surface area contributed by atoms with Crippen molar-refractivity contribution in [1.29, 1.82) is 0 Å². The minimum absolute atomic E-state index is 0.00451. The molecule has 2 N–H and O–H groups in total. The third-order valence-electron chi connectivity index (χ3n) is 3.64. The first-order valence-electron chi connectivity index (χ1n) is 7.40. The van der Waals surface area contributed by atoms with Gasteiger partial charge in [-0.25, -0.2) is 4.98 Å². The molecule has 1 aromatic carbocycles. The van der Waals surface area contributed by atoms with Gasteiger partial charge in [0.15, 0.2) is 0 Å². The maximum Gasteiger partial charge on any atom is 0.252 e. The van der Waals surface area contributed by atoms with Crippen molar-refractivity contribution < 1.29 is 5.11 Å². The molecule has 3 rings (SSSR count). The number of hydrogen-bond donors (Lipinski definition) is 2. The second-order valence-electron chi connectivity index (χ2n) is 5.73. The van der Waals surface area contributed by atoms with Crippen LogP contribution in [0.1, 0.15) is 25.5 Å². The summed E-state index contributed by atoms with van der Waals surface area (Å²) in [5.41, 5.74) is 2.04. The van der Waals surface area contributed by atoms with Crippen LogP contribution < -0.4 is 10.9 Å². The highest BCUT2D eigenvalue weighted by atomic mass is 16.3. The van der Waals surface area contributed by atoms with E-state index in [-0.39, 0.29) is 17.4 Å². The van der Waals surface area contributed by atoms with Crippen molar-refractivity contribution in [3.05, 3.63) is 52.4 Å². The number of nitrogens with zero attached hydrogens (tertiary/aromatic N) is 3. The molecule has 0 amide bonds. The molecule has 0 aliphatic rings. The minimum atomic E-state index is -0.0855. The van der Waals surface area contributed by atoms with Gasteiger partial charge in [-0.3, -0.25) is 9.36 Å². The fraction of sp³-hybridized carbons (Fsp3) is 0.235. The molecule has 0 aliphatic carbocycles. The Balaban J connectivity index is 2.07. The molecule has 0 unspecified atom stereocenters. The highest BCUT2D eigenvalue weighted by Crippen LogP contribution is 2.22. The minimum Gasteiger partial charge on any atom is -0.508 e. The average Bonchev–Trinajstić information content (AvgIpc) is 2.50. The third-order valence-corrected chi connectivity index (χ3v) is 3.64. The van der Waals surface area contributed by atoms with Crippen LogP contribution in [0.2, 0.25) is 0 Å². The number of fused-ring (bicyclic) bond motifs is 1. The summed E-state index contributed by atoms with van der Waals surface area (Å²) in [6.07, 6.45) is 1.69. The summed E-state index contributed by atoms with van der Waals surface area (Å²) in [4.78, 5) is 20.8. The molecule has 23 heavy (non-hydrogen) atoms. The maximum absolute atomic E-state index is 12.1. The molecule has 2 heterocycles. The van der Waals surface area contributed by atoms with Gasteiger partial charge in [0.1, 0.15) is 11.4 Å². The molecule has 2 aromatic heterocycles. The molecular formula is C17H18N4O2. The van der Waals surface area contributed by atoms with Crippen LogP contribution in [0.25, 0.3) is 11.0 Å². The summed E-state index contributed by atoms with van der Waals surface area (Å²) in [7, 11) is 0. The number of pyridine rings is 1. The van der Waals surface area contributed by atoms with E-state index in [0.29, 0.717) is 11.6 Å². The number of hydrogen-bond acceptors (Lipinski definition) is 5. The third kappa shape index (κ3) is 2.88. The van der Waals surface area contributed by atoms with E-state index in [9.17, 15) is 9.90 Å². The quantitative estimate of drug-likeness (QED) is 0.727. The summed E-state index contributed by atoms with van der Waals surface area (Å²) in [6.45, 7) is 5.71. The van der Waals surface area contributed by atoms with Crippen molar-refractivity contribution in [2.24, 2.45) is 0 Å². The Morgan fingerprint density at radius 3 is 2.70 bits per heavy atom. The number of benzene rings is 1. The maximum atomic E-state index is 12.1. The summed E-state index contributed by atoms with van der Waals surface area (Å²) in [6, 6.07) is 8.43. The molecule has 0 saturated heterocycles. The Morgan fingerprint density at radius 1 is 1.22 bits per heavy atom. The summed E-state index contributed by atoms with van der Waals surface area (Å²) < 4.78 is 1.64. The highest BCUT2D eigenvalue weighted by Gasteiger charge is 2.10. The van der Waals surface area contributed by atoms with Crippen molar-refractivity contribution >= 4 is 22.7 Å². The first kappa shape index (κ1) is 15.0. The van der Waals surface area contributed by atoms with Crippen molar-refractivity contribution in [1.82, 2.24) is 14.5 Å². The van der Waals surface area contributed by atoms with Gasteiger partial charge in [0.2, 0.25) is 5.95 Å². The Labute approximate surface area is 133 Å². The lowest BCUT2D eigenvalue weighted by Gasteiger charge is -2.13. The fourth-order valence-corrected chi connectivity index (χ4v) is 2.46. The Morgan fingerprint density at radius 2 is 2.00 bits per heavy atom. The van der Waals surface area contributed by atoms with E-state index in [2.05, 4.69) is 15.3 Å². The molecule has 0 fully saturated rings. The average molecular weight is 310 g/mol. The molecule has 3 aromatic rings. The second kappa shape index (κ2) is 5.72. The van der Waals surface area contributed by atoms with Crippen LogP contribution >= 0.6 is 0 Å². The lowest BCUT2D eigenvalue weighted by molar-refractivity contribution is 0.471. The first-order valence-corrected chi connectivity index (χ1v) is 7.40. The van der Waals surface area contributed by atoms with E-state index in [4.69, 9.17) is 0 Å². The zero-order valence-corrected chi connectivity index (χ0v) is 13.2. The number of anilines is 2. The molecule has 0 spiro atoms. The van der Waals surface area contributed by atoms with Gasteiger partial charge in [0.05, 0.1) is 0 Å². The topological polar surface area (TPSA) is 80.0 Å². The summed E-state index contributed by atoms with van der Waals surface area (Å²) in [5.74, 6) is 0.645. The number of phenols is 1. The number of phenolic OH excluding ortho intramolecular Hbond substituents is 1. The number of aromatic hydroxyl groups is 1. The van der Waals surface area contributed by atoms with Crippen molar-refractivity contribution in [3.63, 3.8) is 0 Å². The van der Waals surface area contributed by atoms with Gasteiger partial charge < -0.3 is 10.4 Å². The number of aryl methyl sites for hydroxylation is 1. The number of aromatic nitrogens is 3. The van der Waals surface area contributed by atoms with Crippen LogP contribution in [0.4, 0.5) is 11.6 Å². The predicted octanol–water partition coefficient (Wildman–Crippen LogP) is 3.13. The van der Waals surface area contributed by atoms with Gasteiger partial charge in [-0.05, 0) is 50.6 Å². The Kier molecular flexibility index (Phi) is 3.73. The summed E-state index contributed by atoms with van der Waals surface area (Å²) >= 11 is 0. The van der Waals surface area contributed by atoms with Crippen molar-refractivity contribution in [3.8, 4) is 5.75 Å². The van der Waals surface area contributed by atoms with Crippen LogP contribution in [0.3, 0.4) is 0 Å². The molecule has 0 atom stereocenters. The van der Waals surface area contributed by atoms with Crippen molar-refractivity contribution in [2.75, 3.05) is 5.32 Å². The Hall–Kier alpha value is -2.89. The lowest BCUT2D eigenvalue weighted by atomic mass is 10.2. The first-order chi connectivity index (χ1) is 11.0. The SMILES string of the molecule is Cc1cc(Nc2ncc3ccc(=O)n(C(C)C)c3n2)ccc1O. The predicted molar refractivity (Wildman–Crippen MR) is 90.3 cm³/mol. The zero-order chi connectivity index (χ0) is 16.6. The van der Waals surface area contributed by atoms with E-state index in [1.54, 1.807) is 29.0 Å². The monoisotopic (exact) mass is 310 g/mol. The van der Waals surface area contributed by atoms with E-state index in [0.717, 1.165) is 16.6 Å².